The van der Waals surface area contributed by atoms with Crippen molar-refractivity contribution in [1.29, 1.82) is 0 Å². The first kappa shape index (κ1) is 24.4. The van der Waals surface area contributed by atoms with Crippen LogP contribution in [0.25, 0.3) is 6.08 Å². The molecule has 0 aliphatic carbocycles. The molecule has 0 spiro atoms. The Morgan fingerprint density at radius 2 is 1.82 bits per heavy atom. The van der Waals surface area contributed by atoms with Crippen LogP contribution in [0.3, 0.4) is 0 Å². The van der Waals surface area contributed by atoms with Gasteiger partial charge in [-0.05, 0) is 81.6 Å². The first-order valence-corrected chi connectivity index (χ1v) is 12.4. The van der Waals surface area contributed by atoms with Crippen LogP contribution in [-0.2, 0) is 17.9 Å². The number of thioether (sulfide) groups is 1. The highest BCUT2D eigenvalue weighted by Crippen LogP contribution is 2.39. The van der Waals surface area contributed by atoms with E-state index in [1.165, 1.54) is 4.90 Å². The molecule has 2 amide bonds. The summed E-state index contributed by atoms with van der Waals surface area (Å²) in [6.07, 6.45) is 1.69. The molecule has 5 nitrogen and oxygen atoms in total. The fourth-order valence-electron chi connectivity index (χ4n) is 3.48. The number of halogens is 2. The molecule has 174 valence electrons. The minimum absolute atomic E-state index is 0.244. The largest absolute Gasteiger partial charge is 0.493 e. The number of carbonyl (C=O) groups is 2. The number of methoxy groups -OCH3 is 1. The summed E-state index contributed by atoms with van der Waals surface area (Å²) in [7, 11) is 1.55. The number of rotatable bonds is 7. The Hall–Kier alpha value is -2.74. The lowest BCUT2D eigenvalue weighted by Crippen LogP contribution is -2.27. The molecule has 1 fully saturated rings. The number of hydrogen-bond acceptors (Lipinski definition) is 5. The number of amides is 2. The van der Waals surface area contributed by atoms with Gasteiger partial charge in [0.2, 0.25) is 0 Å². The molecule has 1 saturated heterocycles. The highest BCUT2D eigenvalue weighted by atomic mass is 79.9. The summed E-state index contributed by atoms with van der Waals surface area (Å²) in [5, 5.41) is 0.377. The second-order valence-corrected chi connectivity index (χ2v) is 9.99. The van der Waals surface area contributed by atoms with Crippen molar-refractivity contribution in [2.24, 2.45) is 0 Å². The highest BCUT2D eigenvalue weighted by molar-refractivity contribution is 9.10. The summed E-state index contributed by atoms with van der Waals surface area (Å²) in [4.78, 5) is 27.1. The van der Waals surface area contributed by atoms with E-state index >= 15 is 0 Å². The van der Waals surface area contributed by atoms with Gasteiger partial charge in [0, 0.05) is 5.02 Å². The van der Waals surface area contributed by atoms with Crippen LogP contribution in [0, 0.1) is 6.92 Å². The molecule has 3 aromatic carbocycles. The summed E-state index contributed by atoms with van der Waals surface area (Å²) >= 11 is 10.4. The minimum atomic E-state index is -0.310. The topological polar surface area (TPSA) is 55.8 Å². The first-order chi connectivity index (χ1) is 16.3. The van der Waals surface area contributed by atoms with Crippen molar-refractivity contribution < 1.29 is 19.1 Å². The third-order valence-corrected chi connectivity index (χ3v) is 6.89. The quantitative estimate of drug-likeness (QED) is 0.286. The summed E-state index contributed by atoms with van der Waals surface area (Å²) in [6.45, 7) is 2.56. The van der Waals surface area contributed by atoms with E-state index < -0.39 is 0 Å². The lowest BCUT2D eigenvalue weighted by Gasteiger charge is -2.14. The van der Waals surface area contributed by atoms with Crippen molar-refractivity contribution in [2.75, 3.05) is 7.11 Å². The molecule has 0 aromatic heterocycles. The third kappa shape index (κ3) is 5.66. The monoisotopic (exact) mass is 557 g/mol. The van der Waals surface area contributed by atoms with Gasteiger partial charge >= 0.3 is 0 Å². The Morgan fingerprint density at radius 3 is 2.53 bits per heavy atom. The molecule has 0 bridgehead atoms. The molecular weight excluding hydrogens is 538 g/mol. The van der Waals surface area contributed by atoms with Crippen LogP contribution in [0.15, 0.2) is 70.0 Å². The second kappa shape index (κ2) is 10.7. The maximum atomic E-state index is 12.9. The standard InChI is InChI=1S/C26H21BrClNO4S/c1-16-4-3-5-18(10-16)14-29-25(30)23(34-26(29)31)13-19-11-21(27)24(22(12-19)32-2)33-15-17-6-8-20(28)9-7-17/h3-13H,14-15H2,1-2H3/b23-13+. The summed E-state index contributed by atoms with van der Waals surface area (Å²) in [6, 6.07) is 18.8. The van der Waals surface area contributed by atoms with Gasteiger partial charge in [0.05, 0.1) is 23.0 Å². The summed E-state index contributed by atoms with van der Waals surface area (Å²) in [5.41, 5.74) is 3.67. The molecule has 1 aliphatic heterocycles. The number of carbonyl (C=O) groups excluding carboxylic acids is 2. The number of benzene rings is 3. The van der Waals surface area contributed by atoms with Crippen LogP contribution in [-0.4, -0.2) is 23.2 Å². The Balaban J connectivity index is 1.53. The highest BCUT2D eigenvalue weighted by Gasteiger charge is 2.35. The molecule has 1 aliphatic rings. The Labute approximate surface area is 215 Å². The minimum Gasteiger partial charge on any atom is -0.493 e. The van der Waals surface area contributed by atoms with Gasteiger partial charge in [-0.15, -0.1) is 0 Å². The predicted molar refractivity (Wildman–Crippen MR) is 139 cm³/mol. The van der Waals surface area contributed by atoms with Crippen LogP contribution < -0.4 is 9.47 Å². The van der Waals surface area contributed by atoms with Gasteiger partial charge in [-0.2, -0.15) is 0 Å². The summed E-state index contributed by atoms with van der Waals surface area (Å²) < 4.78 is 12.2. The van der Waals surface area contributed by atoms with Crippen LogP contribution in [0.2, 0.25) is 5.02 Å². The fourth-order valence-corrected chi connectivity index (χ4v) is 5.02. The van der Waals surface area contributed by atoms with Gasteiger partial charge in [0.15, 0.2) is 11.5 Å². The molecule has 3 aromatic rings. The Kier molecular flexibility index (Phi) is 7.66. The van der Waals surface area contributed by atoms with E-state index in [4.69, 9.17) is 21.1 Å². The number of imide groups is 1. The van der Waals surface area contributed by atoms with Crippen LogP contribution >= 0.6 is 39.3 Å². The molecule has 0 atom stereocenters. The second-order valence-electron chi connectivity index (χ2n) is 7.71. The Bertz CT molecular complexity index is 1280. The van der Waals surface area contributed by atoms with Gasteiger partial charge in [-0.1, -0.05) is 53.6 Å². The third-order valence-electron chi connectivity index (χ3n) is 5.14. The van der Waals surface area contributed by atoms with E-state index in [1.807, 2.05) is 61.5 Å². The van der Waals surface area contributed by atoms with Crippen LogP contribution in [0.1, 0.15) is 22.3 Å². The van der Waals surface area contributed by atoms with Crippen molar-refractivity contribution in [2.45, 2.75) is 20.1 Å². The lowest BCUT2D eigenvalue weighted by atomic mass is 10.1. The smallest absolute Gasteiger partial charge is 0.293 e. The first-order valence-electron chi connectivity index (χ1n) is 10.4. The summed E-state index contributed by atoms with van der Waals surface area (Å²) in [5.74, 6) is 0.741. The average Bonchev–Trinajstić information content (AvgIpc) is 3.06. The van der Waals surface area contributed by atoms with Gasteiger partial charge < -0.3 is 9.47 Å². The zero-order chi connectivity index (χ0) is 24.2. The van der Waals surface area contributed by atoms with Crippen molar-refractivity contribution in [3.05, 3.63) is 97.3 Å². The fraction of sp³-hybridized carbons (Fsp3) is 0.154. The van der Waals surface area contributed by atoms with Gasteiger partial charge in [-0.25, -0.2) is 0 Å². The van der Waals surface area contributed by atoms with Crippen molar-refractivity contribution in [3.63, 3.8) is 0 Å². The molecule has 4 rings (SSSR count). The normalized spacial score (nSPS) is 14.7. The zero-order valence-electron chi connectivity index (χ0n) is 18.5. The van der Waals surface area contributed by atoms with Gasteiger partial charge in [-0.3, -0.25) is 14.5 Å². The van der Waals surface area contributed by atoms with Crippen molar-refractivity contribution in [3.8, 4) is 11.5 Å². The molecule has 8 heteroatoms. The molecule has 0 unspecified atom stereocenters. The SMILES string of the molecule is COc1cc(/C=C2/SC(=O)N(Cc3cccc(C)c3)C2=O)cc(Br)c1OCc1ccc(Cl)cc1. The van der Waals surface area contributed by atoms with E-state index in [-0.39, 0.29) is 17.7 Å². The predicted octanol–water partition coefficient (Wildman–Crippen LogP) is 7.24. The maximum Gasteiger partial charge on any atom is 0.293 e. The molecule has 1 heterocycles. The number of ether oxygens (including phenoxy) is 2. The Morgan fingerprint density at radius 1 is 1.06 bits per heavy atom. The van der Waals surface area contributed by atoms with E-state index in [1.54, 1.807) is 19.3 Å². The van der Waals surface area contributed by atoms with Crippen LogP contribution in [0.4, 0.5) is 4.79 Å². The van der Waals surface area contributed by atoms with E-state index in [9.17, 15) is 9.59 Å². The molecular formula is C26H21BrClNO4S. The number of nitrogens with zero attached hydrogens (tertiary/aromatic N) is 1. The van der Waals surface area contributed by atoms with E-state index in [2.05, 4.69) is 15.9 Å². The van der Waals surface area contributed by atoms with Gasteiger partial charge in [0.1, 0.15) is 6.61 Å². The molecule has 0 N–H and O–H groups in total. The number of hydrogen-bond donors (Lipinski definition) is 0. The molecule has 0 radical (unpaired) electrons. The zero-order valence-corrected chi connectivity index (χ0v) is 21.7. The van der Waals surface area contributed by atoms with E-state index in [0.717, 1.165) is 28.5 Å². The van der Waals surface area contributed by atoms with Crippen LogP contribution in [0.5, 0.6) is 11.5 Å². The van der Waals surface area contributed by atoms with Crippen molar-refractivity contribution in [1.82, 2.24) is 4.90 Å². The van der Waals surface area contributed by atoms with Gasteiger partial charge in [0.25, 0.3) is 11.1 Å². The molecule has 0 saturated carbocycles. The maximum absolute atomic E-state index is 12.9. The van der Waals surface area contributed by atoms with E-state index in [0.29, 0.717) is 38.1 Å². The molecule has 34 heavy (non-hydrogen) atoms. The lowest BCUT2D eigenvalue weighted by molar-refractivity contribution is -0.123. The number of aryl methyl sites for hydroxylation is 1. The average molecular weight is 559 g/mol. The van der Waals surface area contributed by atoms with Crippen molar-refractivity contribution >= 4 is 56.5 Å².